The number of benzene rings is 2. The Labute approximate surface area is 205 Å². The number of aryl methyl sites for hydroxylation is 1. The number of nitrogen functional groups attached to an aromatic ring is 1. The predicted octanol–water partition coefficient (Wildman–Crippen LogP) is 4.56. The Kier molecular flexibility index (Phi) is 7.64. The summed E-state index contributed by atoms with van der Waals surface area (Å²) in [6, 6.07) is 11.9. The number of aliphatic hydroxyl groups is 1. The van der Waals surface area contributed by atoms with Gasteiger partial charge >= 0.3 is 6.09 Å². The van der Waals surface area contributed by atoms with Gasteiger partial charge in [-0.2, -0.15) is 0 Å². The topological polar surface area (TPSA) is 116 Å². The van der Waals surface area contributed by atoms with E-state index >= 15 is 0 Å². The van der Waals surface area contributed by atoms with Gasteiger partial charge in [0.05, 0.1) is 17.5 Å². The molecule has 0 fully saturated rings. The van der Waals surface area contributed by atoms with Crippen molar-refractivity contribution >= 4 is 33.3 Å². The molecule has 0 aliphatic heterocycles. The summed E-state index contributed by atoms with van der Waals surface area (Å²) in [7, 11) is 0. The van der Waals surface area contributed by atoms with Crippen molar-refractivity contribution in [2.24, 2.45) is 0 Å². The van der Waals surface area contributed by atoms with Crippen LogP contribution in [0.15, 0.2) is 54.0 Å². The normalized spacial score (nSPS) is 10.8. The monoisotopic (exact) mass is 497 g/mol. The van der Waals surface area contributed by atoms with Gasteiger partial charge in [0.1, 0.15) is 36.3 Å². The van der Waals surface area contributed by atoms with Gasteiger partial charge in [0, 0.05) is 29.1 Å². The molecule has 4 aromatic rings. The number of aliphatic hydroxyl groups excluding tert-OH is 1. The van der Waals surface area contributed by atoms with E-state index in [0.29, 0.717) is 33.0 Å². The lowest BCUT2D eigenvalue weighted by molar-refractivity contribution is 0.196. The first-order valence-electron chi connectivity index (χ1n) is 10.8. The van der Waals surface area contributed by atoms with E-state index in [4.69, 9.17) is 25.1 Å². The van der Waals surface area contributed by atoms with Crippen LogP contribution in [0.1, 0.15) is 16.7 Å². The quantitative estimate of drug-likeness (QED) is 0.310. The van der Waals surface area contributed by atoms with Gasteiger partial charge in [-0.1, -0.05) is 18.2 Å². The maximum atomic E-state index is 13.9. The highest BCUT2D eigenvalue weighted by Crippen LogP contribution is 2.37. The Hall–Kier alpha value is -3.89. The largest absolute Gasteiger partial charge is 0.489 e. The number of nitrogens with zero attached hydrogens (tertiary/aromatic N) is 1. The lowest BCUT2D eigenvalue weighted by atomic mass is 10.2. The summed E-state index contributed by atoms with van der Waals surface area (Å²) >= 11 is 1.35. The number of carbonyl (C=O) groups is 1. The van der Waals surface area contributed by atoms with Crippen LogP contribution in [0.3, 0.4) is 0 Å². The van der Waals surface area contributed by atoms with Gasteiger partial charge in [0.15, 0.2) is 5.75 Å². The van der Waals surface area contributed by atoms with Gasteiger partial charge in [-0.15, -0.1) is 11.3 Å². The van der Waals surface area contributed by atoms with Gasteiger partial charge < -0.3 is 30.4 Å². The minimum absolute atomic E-state index is 0.0798. The SMILES string of the molecule is Cc1cc(OCc2ccccc2F)cc(OCc2csc3c(OC(=O)NCCO)cnc(N)c23)c1. The second-order valence-corrected chi connectivity index (χ2v) is 8.54. The molecule has 0 unspecified atom stereocenters. The summed E-state index contributed by atoms with van der Waals surface area (Å²) < 4.78 is 31.6. The Balaban J connectivity index is 1.48. The number of halogens is 1. The van der Waals surface area contributed by atoms with Crippen LogP contribution in [0.2, 0.25) is 0 Å². The van der Waals surface area contributed by atoms with Crippen molar-refractivity contribution in [3.63, 3.8) is 0 Å². The van der Waals surface area contributed by atoms with E-state index in [1.54, 1.807) is 24.3 Å². The third kappa shape index (κ3) is 5.97. The van der Waals surface area contributed by atoms with Crippen LogP contribution in [-0.2, 0) is 13.2 Å². The molecular weight excluding hydrogens is 473 g/mol. The molecule has 182 valence electrons. The van der Waals surface area contributed by atoms with Crippen LogP contribution in [0.5, 0.6) is 17.2 Å². The van der Waals surface area contributed by atoms with E-state index in [0.717, 1.165) is 11.1 Å². The van der Waals surface area contributed by atoms with Crippen molar-refractivity contribution in [1.29, 1.82) is 0 Å². The number of nitrogens with one attached hydrogen (secondary N) is 1. The molecule has 8 nitrogen and oxygen atoms in total. The maximum Gasteiger partial charge on any atom is 0.412 e. The summed E-state index contributed by atoms with van der Waals surface area (Å²) in [5.41, 5.74) is 8.28. The first-order valence-corrected chi connectivity index (χ1v) is 11.6. The highest BCUT2D eigenvalue weighted by molar-refractivity contribution is 7.17. The molecule has 0 bridgehead atoms. The molecule has 0 saturated heterocycles. The zero-order chi connectivity index (χ0) is 24.8. The highest BCUT2D eigenvalue weighted by Gasteiger charge is 2.16. The molecule has 2 aromatic heterocycles. The number of pyridine rings is 1. The number of aromatic nitrogens is 1. The van der Waals surface area contributed by atoms with E-state index in [9.17, 15) is 9.18 Å². The predicted molar refractivity (Wildman–Crippen MR) is 131 cm³/mol. The number of carbonyl (C=O) groups excluding carboxylic acids is 1. The van der Waals surface area contributed by atoms with E-state index in [1.807, 2.05) is 24.4 Å². The smallest absolute Gasteiger partial charge is 0.412 e. The van der Waals surface area contributed by atoms with Crippen molar-refractivity contribution < 1.29 is 28.5 Å². The first-order chi connectivity index (χ1) is 16.9. The number of fused-ring (bicyclic) bond motifs is 1. The van der Waals surface area contributed by atoms with E-state index in [1.165, 1.54) is 23.6 Å². The van der Waals surface area contributed by atoms with Gasteiger partial charge in [0.25, 0.3) is 0 Å². The molecule has 2 heterocycles. The second-order valence-electron chi connectivity index (χ2n) is 7.66. The van der Waals surface area contributed by atoms with Crippen LogP contribution in [0, 0.1) is 12.7 Å². The molecule has 10 heteroatoms. The second kappa shape index (κ2) is 11.0. The average Bonchev–Trinajstić information content (AvgIpc) is 3.28. The van der Waals surface area contributed by atoms with Crippen LogP contribution < -0.4 is 25.3 Å². The molecule has 35 heavy (non-hydrogen) atoms. The zero-order valence-corrected chi connectivity index (χ0v) is 19.7. The Bertz CT molecular complexity index is 1340. The van der Waals surface area contributed by atoms with Gasteiger partial charge in [-0.25, -0.2) is 14.2 Å². The molecule has 2 aromatic carbocycles. The molecular formula is C25H24FN3O5S. The average molecular weight is 498 g/mol. The number of thiophene rings is 1. The fraction of sp³-hybridized carbons (Fsp3) is 0.200. The molecule has 0 radical (unpaired) electrons. The van der Waals surface area contributed by atoms with Gasteiger partial charge in [-0.05, 0) is 36.1 Å². The van der Waals surface area contributed by atoms with Crippen LogP contribution >= 0.6 is 11.3 Å². The van der Waals surface area contributed by atoms with E-state index in [-0.39, 0.29) is 37.9 Å². The van der Waals surface area contributed by atoms with Crippen molar-refractivity contribution in [2.75, 3.05) is 18.9 Å². The number of hydrogen-bond donors (Lipinski definition) is 3. The summed E-state index contributed by atoms with van der Waals surface area (Å²) in [5, 5.41) is 13.8. The third-order valence-electron chi connectivity index (χ3n) is 5.02. The number of hydrogen-bond acceptors (Lipinski definition) is 8. The molecule has 1 amide bonds. The Morgan fingerprint density at radius 3 is 2.57 bits per heavy atom. The number of anilines is 1. The lowest BCUT2D eigenvalue weighted by Gasteiger charge is -2.12. The van der Waals surface area contributed by atoms with Crippen molar-refractivity contribution in [3.8, 4) is 17.2 Å². The number of amides is 1. The molecule has 0 aliphatic carbocycles. The lowest BCUT2D eigenvalue weighted by Crippen LogP contribution is -2.29. The van der Waals surface area contributed by atoms with E-state index < -0.39 is 6.09 Å². The highest BCUT2D eigenvalue weighted by atomic mass is 32.1. The number of nitrogens with two attached hydrogens (primary N) is 1. The fourth-order valence-corrected chi connectivity index (χ4v) is 4.41. The maximum absolute atomic E-state index is 13.9. The molecule has 0 saturated carbocycles. The molecule has 4 N–H and O–H groups in total. The fourth-order valence-electron chi connectivity index (χ4n) is 3.40. The Morgan fingerprint density at radius 2 is 1.86 bits per heavy atom. The Morgan fingerprint density at radius 1 is 1.14 bits per heavy atom. The van der Waals surface area contributed by atoms with Crippen molar-refractivity contribution in [1.82, 2.24) is 10.3 Å². The molecule has 0 atom stereocenters. The summed E-state index contributed by atoms with van der Waals surface area (Å²) in [6.07, 6.45) is 0.692. The number of ether oxygens (including phenoxy) is 3. The molecule has 4 rings (SSSR count). The summed E-state index contributed by atoms with van der Waals surface area (Å²) in [4.78, 5) is 16.0. The van der Waals surface area contributed by atoms with Crippen LogP contribution in [0.4, 0.5) is 15.0 Å². The van der Waals surface area contributed by atoms with Crippen LogP contribution in [0.25, 0.3) is 10.1 Å². The van der Waals surface area contributed by atoms with Crippen molar-refractivity contribution in [2.45, 2.75) is 20.1 Å². The minimum Gasteiger partial charge on any atom is -0.489 e. The van der Waals surface area contributed by atoms with Crippen molar-refractivity contribution in [3.05, 3.63) is 76.5 Å². The molecule has 0 spiro atoms. The minimum atomic E-state index is -0.694. The van der Waals surface area contributed by atoms with Gasteiger partial charge in [-0.3, -0.25) is 0 Å². The zero-order valence-electron chi connectivity index (χ0n) is 18.9. The third-order valence-corrected chi connectivity index (χ3v) is 6.07. The molecule has 0 aliphatic rings. The first kappa shape index (κ1) is 24.2. The standard InChI is InChI=1S/C25H24FN3O5S/c1-15-8-18(32-12-16-4-2-3-5-20(16)26)10-19(9-15)33-13-17-14-35-23-21(11-29-24(27)22(17)23)34-25(31)28-6-7-30/h2-5,8-11,14,30H,6-7,12-13H2,1H3,(H2,27,29)(H,28,31). The van der Waals surface area contributed by atoms with Crippen LogP contribution in [-0.4, -0.2) is 29.3 Å². The number of rotatable bonds is 9. The summed E-state index contributed by atoms with van der Waals surface area (Å²) in [5.74, 6) is 1.38. The van der Waals surface area contributed by atoms with Gasteiger partial charge in [0.2, 0.25) is 0 Å². The summed E-state index contributed by atoms with van der Waals surface area (Å²) in [6.45, 7) is 2.09. The van der Waals surface area contributed by atoms with E-state index in [2.05, 4.69) is 10.3 Å².